The lowest BCUT2D eigenvalue weighted by atomic mass is 9.79. The summed E-state index contributed by atoms with van der Waals surface area (Å²) in [7, 11) is 12.0. The number of carbonyl (C=O) groups excluding carboxylic acids is 8. The number of likely N-dealkylation sites (tertiary alicyclic amines) is 6. The molecule has 0 aromatic carbocycles. The van der Waals surface area contributed by atoms with Gasteiger partial charge in [-0.25, -0.2) is 38.4 Å². The van der Waals surface area contributed by atoms with Crippen LogP contribution in [0.1, 0.15) is 298 Å². The van der Waals surface area contributed by atoms with Gasteiger partial charge in [0.15, 0.2) is 24.8 Å². The SMILES string of the molecule is CCC(OC(=O)OC1CC(C)(C)N(C)C(C)(C)C1)C(OC(=O)OC1CC(C)(C)N(C)C(C)(C)C1)(OC(=O)OC1CC(C)(C)N(C)C(C)(C)C1)C(=O)OCC(C)(C)C1OCC2(CO1)COC(C(C)(C)COC(=O)C(OC(=O)OC1CC(C)(C)N(C)C(C)(C)C1)(OC(=O)OC1CC(C)(C)N(C)C(C)(C)C1)C(CC)OC(=O)OC1CC(C)(C)N(C)C(C)(C)C1)OC2. The largest absolute Gasteiger partial charge is 0.512 e. The summed E-state index contributed by atoms with van der Waals surface area (Å²) >= 11 is 0. The Morgan fingerprint density at radius 1 is 0.293 bits per heavy atom. The predicted molar refractivity (Wildman–Crippen MR) is 456 cm³/mol. The van der Waals surface area contributed by atoms with Gasteiger partial charge in [0.1, 0.15) is 49.8 Å². The van der Waals surface area contributed by atoms with E-state index in [1.807, 2.05) is 208 Å². The molecule has 8 aliphatic rings. The number of nitrogens with zero attached hydrogens (tertiary/aromatic N) is 6. The van der Waals surface area contributed by atoms with E-state index in [9.17, 15) is 28.8 Å². The second-order valence-electron chi connectivity index (χ2n) is 45.8. The van der Waals surface area contributed by atoms with E-state index in [0.29, 0.717) is 77.0 Å². The predicted octanol–water partition coefficient (Wildman–Crippen LogP) is 15.6. The van der Waals surface area contributed by atoms with Crippen molar-refractivity contribution in [1.82, 2.24) is 29.4 Å². The third-order valence-corrected chi connectivity index (χ3v) is 29.4. The summed E-state index contributed by atoms with van der Waals surface area (Å²) in [6, 6.07) is 0. The highest BCUT2D eigenvalue weighted by atomic mass is 16.9. The maximum Gasteiger partial charge on any atom is 0.512 e. The van der Waals surface area contributed by atoms with Crippen LogP contribution in [0.2, 0.25) is 0 Å². The van der Waals surface area contributed by atoms with Crippen LogP contribution in [0.5, 0.6) is 0 Å². The fourth-order valence-corrected chi connectivity index (χ4v) is 20.6. The molecule has 1 spiro atoms. The van der Waals surface area contributed by atoms with Crippen LogP contribution < -0.4 is 0 Å². The van der Waals surface area contributed by atoms with Gasteiger partial charge in [0.2, 0.25) is 0 Å². The fraction of sp³-hybridized carbons (Fsp3) is 0.912. The van der Waals surface area contributed by atoms with Crippen LogP contribution in [0.4, 0.5) is 28.8 Å². The van der Waals surface area contributed by atoms with E-state index in [1.54, 1.807) is 41.5 Å². The van der Waals surface area contributed by atoms with Crippen LogP contribution >= 0.6 is 0 Å². The molecule has 32 heteroatoms. The van der Waals surface area contributed by atoms with Crippen molar-refractivity contribution in [2.24, 2.45) is 16.2 Å². The number of rotatable bonds is 24. The van der Waals surface area contributed by atoms with Crippen LogP contribution in [0.3, 0.4) is 0 Å². The Kier molecular flexibility index (Phi) is 30.2. The number of ether oxygens (including phenoxy) is 18. The van der Waals surface area contributed by atoms with Gasteiger partial charge in [0.25, 0.3) is 0 Å². The van der Waals surface area contributed by atoms with Gasteiger partial charge in [-0.2, -0.15) is 0 Å². The molecule has 32 nitrogen and oxygen atoms in total. The van der Waals surface area contributed by atoms with Gasteiger partial charge in [-0.15, -0.1) is 0 Å². The molecule has 0 amide bonds. The van der Waals surface area contributed by atoms with Crippen LogP contribution in [0.25, 0.3) is 0 Å². The van der Waals surface area contributed by atoms with Crippen molar-refractivity contribution in [2.75, 3.05) is 81.9 Å². The molecule has 2 unspecified atom stereocenters. The van der Waals surface area contributed by atoms with E-state index in [-0.39, 0.29) is 39.3 Å². The van der Waals surface area contributed by atoms with Crippen LogP contribution in [0.15, 0.2) is 0 Å². The van der Waals surface area contributed by atoms with Crippen molar-refractivity contribution in [3.63, 3.8) is 0 Å². The van der Waals surface area contributed by atoms with E-state index in [4.69, 9.17) is 85.3 Å². The van der Waals surface area contributed by atoms with Gasteiger partial charge >= 0.3 is 60.4 Å². The Labute approximate surface area is 733 Å². The molecule has 8 saturated heterocycles. The van der Waals surface area contributed by atoms with Gasteiger partial charge in [-0.05, 0) is 221 Å². The van der Waals surface area contributed by atoms with Crippen molar-refractivity contribution in [2.45, 2.75) is 437 Å². The standard InChI is InChI=1S/C91H158N6O26/c1-37-63(118-69(100)112-57-39-77(7,8)92(31)78(9,10)40-57)90(120-71(102)114-59-43-81(15,16)94(33)82(17,18)44-59,121-72(103)115-60-45-83(19,20)95(34)84(21,22)46-60)65(98)106-51-75(3,4)67-108-53-89(54-109-67)55-110-68(111-56-89)76(5,6)52-107-66(99)91(122-73(104)116-61-47-85(23,24)96(35)86(25,26)48-61,123-74(105)117-62-49-87(27,28)97(36)88(29,30)50-62)64(38-2)119-70(101)113-58-41-79(11,12)93(32)80(13,14)42-58/h57-64,67-68H,37-56H2,1-36H3. The number of piperidine rings is 6. The molecule has 0 aromatic rings. The van der Waals surface area contributed by atoms with E-state index in [1.165, 1.54) is 0 Å². The topological polar surface area (TPSA) is 322 Å². The Morgan fingerprint density at radius 3 is 0.618 bits per heavy atom. The van der Waals surface area contributed by atoms with E-state index < -0.39 is 218 Å². The Hall–Kier alpha value is -5.84. The lowest BCUT2D eigenvalue weighted by Crippen LogP contribution is -2.62. The quantitative estimate of drug-likeness (QED) is 0.0492. The minimum atomic E-state index is -3.24. The highest BCUT2D eigenvalue weighted by Crippen LogP contribution is 2.48. The van der Waals surface area contributed by atoms with Crippen molar-refractivity contribution < 1.29 is 124 Å². The first-order valence-electron chi connectivity index (χ1n) is 44.4. The molecular formula is C91H158N6O26. The zero-order valence-electron chi connectivity index (χ0n) is 81.7. The van der Waals surface area contributed by atoms with Crippen LogP contribution in [0, 0.1) is 16.2 Å². The summed E-state index contributed by atoms with van der Waals surface area (Å²) < 4.78 is 112. The molecule has 0 aliphatic carbocycles. The Balaban J connectivity index is 1.04. The van der Waals surface area contributed by atoms with Crippen molar-refractivity contribution in [3.05, 3.63) is 0 Å². The molecule has 0 aromatic heterocycles. The maximum atomic E-state index is 15.7. The summed E-state index contributed by atoms with van der Waals surface area (Å²) in [5.74, 6) is -9.40. The minimum absolute atomic E-state index is 0.0314. The normalized spacial score (nSPS) is 27.8. The Morgan fingerprint density at radius 2 is 0.455 bits per heavy atom. The molecule has 8 heterocycles. The monoisotopic (exact) mass is 1750 g/mol. The van der Waals surface area contributed by atoms with Gasteiger partial charge in [-0.3, -0.25) is 29.4 Å². The first-order valence-corrected chi connectivity index (χ1v) is 44.4. The summed E-state index contributed by atoms with van der Waals surface area (Å²) in [5.41, 5.74) is -9.12. The van der Waals surface area contributed by atoms with Crippen LogP contribution in [-0.2, 0) is 94.9 Å². The molecule has 2 atom stereocenters. The van der Waals surface area contributed by atoms with Crippen LogP contribution in [-0.4, -0.2) is 300 Å². The summed E-state index contributed by atoms with van der Waals surface area (Å²) in [5, 5.41) is 0. The fourth-order valence-electron chi connectivity index (χ4n) is 20.6. The third-order valence-electron chi connectivity index (χ3n) is 29.4. The average molecular weight is 1750 g/mol. The van der Waals surface area contributed by atoms with E-state index in [0.717, 1.165) is 0 Å². The lowest BCUT2D eigenvalue weighted by Gasteiger charge is -2.53. The number of carbonyl (C=O) groups is 8. The molecule has 8 aliphatic heterocycles. The highest BCUT2D eigenvalue weighted by molar-refractivity contribution is 5.85. The molecular weight excluding hydrogens is 1590 g/mol. The molecule has 123 heavy (non-hydrogen) atoms. The highest BCUT2D eigenvalue weighted by Gasteiger charge is 2.64. The van der Waals surface area contributed by atoms with Gasteiger partial charge in [0.05, 0.1) is 31.8 Å². The van der Waals surface area contributed by atoms with E-state index >= 15 is 9.59 Å². The third kappa shape index (κ3) is 23.4. The molecule has 0 radical (unpaired) electrons. The second kappa shape index (κ2) is 36.2. The molecule has 0 saturated carbocycles. The van der Waals surface area contributed by atoms with Crippen molar-refractivity contribution in [1.29, 1.82) is 0 Å². The lowest BCUT2D eigenvalue weighted by molar-refractivity contribution is -0.338. The summed E-state index contributed by atoms with van der Waals surface area (Å²) in [4.78, 5) is 133. The zero-order chi connectivity index (χ0) is 93.2. The molecule has 708 valence electrons. The second-order valence-corrected chi connectivity index (χ2v) is 45.8. The first kappa shape index (κ1) is 103. The zero-order valence-corrected chi connectivity index (χ0v) is 81.7. The molecule has 0 bridgehead atoms. The minimum Gasteiger partial charge on any atom is -0.459 e. The van der Waals surface area contributed by atoms with Gasteiger partial charge in [-0.1, -0.05) is 41.5 Å². The number of hydrogen-bond donors (Lipinski definition) is 0. The average Bonchev–Trinajstić information content (AvgIpc) is 0.801. The number of hydrogen-bond acceptors (Lipinski definition) is 32. The van der Waals surface area contributed by atoms with Crippen molar-refractivity contribution in [3.8, 4) is 0 Å². The smallest absolute Gasteiger partial charge is 0.459 e. The van der Waals surface area contributed by atoms with Crippen molar-refractivity contribution >= 4 is 48.9 Å². The molecule has 8 rings (SSSR count). The Bertz CT molecular complexity index is 3270. The van der Waals surface area contributed by atoms with Gasteiger partial charge < -0.3 is 85.3 Å². The first-order chi connectivity index (χ1) is 55.8. The maximum absolute atomic E-state index is 15.7. The summed E-state index contributed by atoms with van der Waals surface area (Å²) in [6.45, 7) is 57.2. The van der Waals surface area contributed by atoms with Gasteiger partial charge in [0, 0.05) is 154 Å². The molecule has 0 N–H and O–H groups in total. The number of esters is 2. The summed E-state index contributed by atoms with van der Waals surface area (Å²) in [6.07, 6.45) is -14.9. The molecule has 8 fully saturated rings. The van der Waals surface area contributed by atoms with E-state index in [2.05, 4.69) is 29.4 Å².